The lowest BCUT2D eigenvalue weighted by atomic mass is 9.92. The van der Waals surface area contributed by atoms with E-state index in [-0.39, 0.29) is 19.2 Å². The molecule has 0 bridgehead atoms. The number of aromatic nitrogens is 4. The highest BCUT2D eigenvalue weighted by Crippen LogP contribution is 2.34. The Balaban J connectivity index is 1.52. The minimum absolute atomic E-state index is 0.0361. The number of hydrogen-bond acceptors (Lipinski definition) is 7. The maximum atomic E-state index is 13.0. The van der Waals surface area contributed by atoms with Gasteiger partial charge in [0, 0.05) is 13.0 Å². The van der Waals surface area contributed by atoms with E-state index in [1.807, 2.05) is 19.1 Å². The van der Waals surface area contributed by atoms with Crippen LogP contribution in [0.3, 0.4) is 0 Å². The molecule has 1 aromatic heterocycles. The topological polar surface area (TPSA) is 111 Å². The highest BCUT2D eigenvalue weighted by molar-refractivity contribution is 6.06. The molecule has 0 spiro atoms. The van der Waals surface area contributed by atoms with Crippen LogP contribution in [0.1, 0.15) is 31.7 Å². The van der Waals surface area contributed by atoms with Crippen molar-refractivity contribution in [3.8, 4) is 11.5 Å². The molecular formula is C17H20N6O4. The van der Waals surface area contributed by atoms with Crippen molar-refractivity contribution in [1.29, 1.82) is 0 Å². The molecule has 2 aliphatic rings. The molecule has 1 aromatic carbocycles. The lowest BCUT2D eigenvalue weighted by Crippen LogP contribution is -2.46. The maximum absolute atomic E-state index is 13.0. The molecule has 1 fully saturated rings. The first-order valence-corrected chi connectivity index (χ1v) is 8.78. The van der Waals surface area contributed by atoms with Crippen LogP contribution in [0.2, 0.25) is 0 Å². The fourth-order valence-corrected chi connectivity index (χ4v) is 3.33. The van der Waals surface area contributed by atoms with Crippen LogP contribution in [-0.2, 0) is 24.3 Å². The lowest BCUT2D eigenvalue weighted by Gasteiger charge is -2.21. The van der Waals surface area contributed by atoms with E-state index in [1.165, 1.54) is 0 Å². The predicted octanol–water partition coefficient (Wildman–Crippen LogP) is 0.865. The minimum atomic E-state index is -1.05. The standard InChI is InChI=1S/C17H20N6O4/c1-3-6-23-14(19-20-21-23)9-22-15(24)17(2,18-16(22)25)8-11-4-5-12-13(7-11)27-10-26-12/h4-5,7H,3,6,8-10H2,1-2H3,(H,18,25)/t17-/m1/s1. The number of ether oxygens (including phenoxy) is 2. The molecule has 3 amide bonds. The summed E-state index contributed by atoms with van der Waals surface area (Å²) in [5.74, 6) is 1.49. The van der Waals surface area contributed by atoms with E-state index < -0.39 is 11.6 Å². The van der Waals surface area contributed by atoms with Gasteiger partial charge in [0.15, 0.2) is 17.3 Å². The zero-order valence-corrected chi connectivity index (χ0v) is 15.1. The van der Waals surface area contributed by atoms with Crippen molar-refractivity contribution in [3.63, 3.8) is 0 Å². The Morgan fingerprint density at radius 1 is 1.26 bits per heavy atom. The Bertz CT molecular complexity index is 897. The van der Waals surface area contributed by atoms with Gasteiger partial charge in [-0.05, 0) is 41.5 Å². The van der Waals surface area contributed by atoms with Gasteiger partial charge in [-0.25, -0.2) is 9.48 Å². The Morgan fingerprint density at radius 2 is 2.07 bits per heavy atom. The van der Waals surface area contributed by atoms with E-state index in [4.69, 9.17) is 9.47 Å². The van der Waals surface area contributed by atoms with Gasteiger partial charge < -0.3 is 14.8 Å². The highest BCUT2D eigenvalue weighted by atomic mass is 16.7. The molecular weight excluding hydrogens is 352 g/mol. The number of nitrogens with zero attached hydrogens (tertiary/aromatic N) is 5. The van der Waals surface area contributed by atoms with Crippen LogP contribution in [0, 0.1) is 0 Å². The molecule has 4 rings (SSSR count). The molecule has 2 aliphatic heterocycles. The van der Waals surface area contributed by atoms with E-state index >= 15 is 0 Å². The highest BCUT2D eigenvalue weighted by Gasteiger charge is 2.48. The molecule has 0 saturated carbocycles. The number of hydrogen-bond donors (Lipinski definition) is 1. The predicted molar refractivity (Wildman–Crippen MR) is 91.9 cm³/mol. The Kier molecular flexibility index (Phi) is 4.17. The van der Waals surface area contributed by atoms with Gasteiger partial charge in [0.1, 0.15) is 5.54 Å². The summed E-state index contributed by atoms with van der Waals surface area (Å²) in [6.07, 6.45) is 1.19. The van der Waals surface area contributed by atoms with Gasteiger partial charge in [-0.15, -0.1) is 5.10 Å². The Labute approximate surface area is 155 Å². The summed E-state index contributed by atoms with van der Waals surface area (Å²) in [6.45, 7) is 4.56. The first kappa shape index (κ1) is 17.3. The van der Waals surface area contributed by atoms with E-state index in [0.717, 1.165) is 16.9 Å². The zero-order chi connectivity index (χ0) is 19.0. The number of nitrogens with one attached hydrogen (secondary N) is 1. The number of benzene rings is 1. The van der Waals surface area contributed by atoms with Crippen LogP contribution in [0.25, 0.3) is 0 Å². The molecule has 1 N–H and O–H groups in total. The minimum Gasteiger partial charge on any atom is -0.454 e. The molecule has 1 saturated heterocycles. The number of rotatable bonds is 6. The number of tetrazole rings is 1. The first-order valence-electron chi connectivity index (χ1n) is 8.78. The number of aryl methyl sites for hydroxylation is 1. The number of amides is 3. The summed E-state index contributed by atoms with van der Waals surface area (Å²) in [5, 5.41) is 14.3. The van der Waals surface area contributed by atoms with Crippen molar-refractivity contribution >= 4 is 11.9 Å². The molecule has 3 heterocycles. The second-order valence-corrected chi connectivity index (χ2v) is 6.84. The van der Waals surface area contributed by atoms with Gasteiger partial charge in [-0.1, -0.05) is 13.0 Å². The smallest absolute Gasteiger partial charge is 0.325 e. The van der Waals surface area contributed by atoms with Crippen LogP contribution in [-0.4, -0.2) is 49.4 Å². The van der Waals surface area contributed by atoms with Crippen LogP contribution in [0.4, 0.5) is 4.79 Å². The van der Waals surface area contributed by atoms with Gasteiger partial charge in [0.05, 0.1) is 6.54 Å². The van der Waals surface area contributed by atoms with E-state index in [9.17, 15) is 9.59 Å². The largest absolute Gasteiger partial charge is 0.454 e. The summed E-state index contributed by atoms with van der Waals surface area (Å²) in [5.41, 5.74) is -0.179. The van der Waals surface area contributed by atoms with Crippen LogP contribution < -0.4 is 14.8 Å². The maximum Gasteiger partial charge on any atom is 0.325 e. The summed E-state index contributed by atoms with van der Waals surface area (Å²) in [4.78, 5) is 26.6. The van der Waals surface area contributed by atoms with Crippen molar-refractivity contribution in [2.24, 2.45) is 0 Å². The Hall–Kier alpha value is -3.17. The first-order chi connectivity index (χ1) is 13.0. The van der Waals surface area contributed by atoms with E-state index in [1.54, 1.807) is 17.7 Å². The van der Waals surface area contributed by atoms with Gasteiger partial charge in [-0.2, -0.15) is 0 Å². The third-order valence-corrected chi connectivity index (χ3v) is 4.68. The van der Waals surface area contributed by atoms with Crippen LogP contribution >= 0.6 is 0 Å². The van der Waals surface area contributed by atoms with E-state index in [2.05, 4.69) is 20.8 Å². The molecule has 10 nitrogen and oxygen atoms in total. The van der Waals surface area contributed by atoms with Crippen molar-refractivity contribution in [2.45, 2.75) is 45.3 Å². The number of fused-ring (bicyclic) bond motifs is 1. The van der Waals surface area contributed by atoms with Crippen molar-refractivity contribution in [3.05, 3.63) is 29.6 Å². The van der Waals surface area contributed by atoms with Crippen molar-refractivity contribution < 1.29 is 19.1 Å². The SMILES string of the molecule is CCCn1nnnc1CN1C(=O)N[C@](C)(Cc2ccc3c(c2)OCO3)C1=O. The quantitative estimate of drug-likeness (QED) is 0.749. The fourth-order valence-electron chi connectivity index (χ4n) is 3.33. The average Bonchev–Trinajstić information content (AvgIpc) is 3.31. The molecule has 142 valence electrons. The summed E-state index contributed by atoms with van der Waals surface area (Å²) in [6, 6.07) is 5.05. The van der Waals surface area contributed by atoms with Gasteiger partial charge >= 0.3 is 6.03 Å². The average molecular weight is 372 g/mol. The number of urea groups is 1. The molecule has 2 aromatic rings. The normalized spacial score (nSPS) is 21.0. The summed E-state index contributed by atoms with van der Waals surface area (Å²) >= 11 is 0. The van der Waals surface area contributed by atoms with Crippen LogP contribution in [0.5, 0.6) is 11.5 Å². The summed E-state index contributed by atoms with van der Waals surface area (Å²) in [7, 11) is 0. The van der Waals surface area contributed by atoms with Gasteiger partial charge in [0.2, 0.25) is 6.79 Å². The number of carbonyl (C=O) groups excluding carboxylic acids is 2. The van der Waals surface area contributed by atoms with Gasteiger partial charge in [-0.3, -0.25) is 9.69 Å². The number of imide groups is 1. The molecule has 10 heteroatoms. The molecule has 1 atom stereocenters. The third kappa shape index (κ3) is 3.07. The molecule has 0 aliphatic carbocycles. The second kappa shape index (κ2) is 6.53. The zero-order valence-electron chi connectivity index (χ0n) is 15.1. The van der Waals surface area contributed by atoms with Gasteiger partial charge in [0.25, 0.3) is 5.91 Å². The number of carbonyl (C=O) groups is 2. The molecule has 0 unspecified atom stereocenters. The Morgan fingerprint density at radius 3 is 2.89 bits per heavy atom. The fraction of sp³-hybridized carbons (Fsp3) is 0.471. The monoisotopic (exact) mass is 372 g/mol. The summed E-state index contributed by atoms with van der Waals surface area (Å²) < 4.78 is 12.3. The second-order valence-electron chi connectivity index (χ2n) is 6.84. The van der Waals surface area contributed by atoms with Crippen molar-refractivity contribution in [1.82, 2.24) is 30.4 Å². The molecule has 0 radical (unpaired) electrons. The van der Waals surface area contributed by atoms with E-state index in [0.29, 0.717) is 30.3 Å². The van der Waals surface area contributed by atoms with Crippen LogP contribution in [0.15, 0.2) is 18.2 Å². The van der Waals surface area contributed by atoms with Crippen molar-refractivity contribution in [2.75, 3.05) is 6.79 Å². The third-order valence-electron chi connectivity index (χ3n) is 4.68. The lowest BCUT2D eigenvalue weighted by molar-refractivity contribution is -0.131. The molecule has 27 heavy (non-hydrogen) atoms.